The summed E-state index contributed by atoms with van der Waals surface area (Å²) in [5.74, 6) is 0.787. The Labute approximate surface area is 167 Å². The smallest absolute Gasteiger partial charge is 0.410 e. The number of piperazine rings is 1. The maximum atomic E-state index is 12.0. The normalized spacial score (nSPS) is 16.4. The van der Waals surface area contributed by atoms with E-state index in [0.717, 1.165) is 23.5 Å². The lowest BCUT2D eigenvalue weighted by molar-refractivity contribution is -0.929. The molecule has 9 heteroatoms. The molecule has 3 aromatic rings. The van der Waals surface area contributed by atoms with Gasteiger partial charge in [0.15, 0.2) is 6.04 Å². The highest BCUT2D eigenvalue weighted by Crippen LogP contribution is 2.35. The number of aromatic hydroxyl groups is 1. The Morgan fingerprint density at radius 1 is 1.32 bits per heavy atom. The molecule has 1 aliphatic rings. The highest BCUT2D eigenvalue weighted by Gasteiger charge is 2.36. The Hall–Kier alpha value is -2.65. The van der Waals surface area contributed by atoms with Gasteiger partial charge < -0.3 is 14.7 Å². The third-order valence-electron chi connectivity index (χ3n) is 5.04. The van der Waals surface area contributed by atoms with Crippen LogP contribution in [0.4, 0.5) is 4.79 Å². The van der Waals surface area contributed by atoms with Crippen molar-refractivity contribution in [1.29, 1.82) is 0 Å². The van der Waals surface area contributed by atoms with Crippen molar-refractivity contribution in [3.8, 4) is 5.88 Å². The fourth-order valence-electron chi connectivity index (χ4n) is 3.73. The van der Waals surface area contributed by atoms with E-state index in [2.05, 4.69) is 22.2 Å². The molecule has 1 fully saturated rings. The molecule has 148 valence electrons. The fourth-order valence-corrected chi connectivity index (χ4v) is 4.92. The molecular weight excluding hydrogens is 378 g/mol. The average molecular weight is 403 g/mol. The van der Waals surface area contributed by atoms with Crippen molar-refractivity contribution in [3.63, 3.8) is 0 Å². The predicted octanol–water partition coefficient (Wildman–Crippen LogP) is 1.25. The molecule has 1 amide bonds. The van der Waals surface area contributed by atoms with Crippen molar-refractivity contribution in [1.82, 2.24) is 19.5 Å². The van der Waals surface area contributed by atoms with E-state index in [1.54, 1.807) is 4.90 Å². The first-order chi connectivity index (χ1) is 13.6. The van der Waals surface area contributed by atoms with Crippen LogP contribution in [0.25, 0.3) is 4.96 Å². The molecule has 28 heavy (non-hydrogen) atoms. The number of nitrogens with one attached hydrogen (secondary N) is 1. The van der Waals surface area contributed by atoms with Crippen molar-refractivity contribution in [3.05, 3.63) is 46.6 Å². The van der Waals surface area contributed by atoms with Gasteiger partial charge in [-0.15, -0.1) is 5.10 Å². The number of hydrogen-bond acceptors (Lipinski definition) is 6. The number of fused-ring (bicyclic) bond motifs is 1. The van der Waals surface area contributed by atoms with E-state index >= 15 is 0 Å². The molecule has 0 unspecified atom stereocenters. The van der Waals surface area contributed by atoms with Crippen molar-refractivity contribution in [2.75, 3.05) is 32.8 Å². The molecule has 0 spiro atoms. The zero-order chi connectivity index (χ0) is 19.7. The molecule has 2 N–H and O–H groups in total. The second kappa shape index (κ2) is 7.76. The summed E-state index contributed by atoms with van der Waals surface area (Å²) in [5, 5.41) is 15.1. The van der Waals surface area contributed by atoms with Crippen molar-refractivity contribution in [2.24, 2.45) is 0 Å². The van der Waals surface area contributed by atoms with Gasteiger partial charge in [0.05, 0.1) is 32.8 Å². The van der Waals surface area contributed by atoms with Gasteiger partial charge in [0.1, 0.15) is 10.7 Å². The SMILES string of the molecule is CCOC(=O)N1CC[NH+]([C@H](c2ccccc2)c2sc3nc(C)nn3c2O)CC1. The molecule has 2 aromatic heterocycles. The quantitative estimate of drug-likeness (QED) is 0.686. The maximum absolute atomic E-state index is 12.0. The Morgan fingerprint density at radius 2 is 2.04 bits per heavy atom. The first-order valence-electron chi connectivity index (χ1n) is 9.44. The molecule has 0 bridgehead atoms. The molecular formula is C19H24N5O3S+. The number of aryl methyl sites for hydroxylation is 1. The number of thiazole rings is 1. The lowest BCUT2D eigenvalue weighted by Gasteiger charge is -2.35. The van der Waals surface area contributed by atoms with E-state index in [0.29, 0.717) is 30.5 Å². The van der Waals surface area contributed by atoms with Crippen LogP contribution in [0.1, 0.15) is 29.2 Å². The minimum Gasteiger partial charge on any atom is -0.492 e. The molecule has 1 aliphatic heterocycles. The number of rotatable bonds is 4. The van der Waals surface area contributed by atoms with Crippen molar-refractivity contribution < 1.29 is 19.5 Å². The second-order valence-corrected chi connectivity index (χ2v) is 7.84. The molecule has 3 heterocycles. The standard InChI is InChI=1S/C19H23N5O3S/c1-3-27-19(26)23-11-9-22(10-12-23)15(14-7-5-4-6-8-14)16-17(25)24-18(28-16)20-13(2)21-24/h4-8,15,25H,3,9-12H2,1-2H3/p+1/t15-/m1/s1. The fraction of sp³-hybridized carbons (Fsp3) is 0.421. The summed E-state index contributed by atoms with van der Waals surface area (Å²) in [6.45, 7) is 6.79. The minimum atomic E-state index is -0.255. The van der Waals surface area contributed by atoms with Gasteiger partial charge in [0.25, 0.3) is 0 Å². The monoisotopic (exact) mass is 402 g/mol. The topological polar surface area (TPSA) is 84.4 Å². The third kappa shape index (κ3) is 3.43. The van der Waals surface area contributed by atoms with E-state index in [1.165, 1.54) is 20.8 Å². The van der Waals surface area contributed by atoms with Gasteiger partial charge in [-0.05, 0) is 13.8 Å². The van der Waals surface area contributed by atoms with Crippen LogP contribution in [0.15, 0.2) is 30.3 Å². The number of carbonyl (C=O) groups excluding carboxylic acids is 1. The predicted molar refractivity (Wildman–Crippen MR) is 105 cm³/mol. The first-order valence-corrected chi connectivity index (χ1v) is 10.3. The van der Waals surface area contributed by atoms with Gasteiger partial charge in [0, 0.05) is 5.56 Å². The van der Waals surface area contributed by atoms with E-state index < -0.39 is 0 Å². The number of ether oxygens (including phenoxy) is 1. The molecule has 0 radical (unpaired) electrons. The Kier molecular flexibility index (Phi) is 5.19. The highest BCUT2D eigenvalue weighted by molar-refractivity contribution is 7.17. The largest absolute Gasteiger partial charge is 0.492 e. The molecule has 8 nitrogen and oxygen atoms in total. The van der Waals surface area contributed by atoms with Gasteiger partial charge in [-0.25, -0.2) is 9.78 Å². The van der Waals surface area contributed by atoms with Crippen molar-refractivity contribution in [2.45, 2.75) is 19.9 Å². The van der Waals surface area contributed by atoms with Crippen LogP contribution in [0.2, 0.25) is 0 Å². The molecule has 1 aromatic carbocycles. The van der Waals surface area contributed by atoms with Gasteiger partial charge >= 0.3 is 6.09 Å². The Bertz CT molecular complexity index is 963. The minimum absolute atomic E-state index is 0.0423. The Morgan fingerprint density at radius 3 is 2.68 bits per heavy atom. The van der Waals surface area contributed by atoms with Crippen LogP contribution in [-0.2, 0) is 4.74 Å². The van der Waals surface area contributed by atoms with E-state index in [9.17, 15) is 9.90 Å². The lowest BCUT2D eigenvalue weighted by atomic mass is 10.0. The molecule has 1 atom stereocenters. The summed E-state index contributed by atoms with van der Waals surface area (Å²) in [5.41, 5.74) is 1.12. The Balaban J connectivity index is 1.65. The van der Waals surface area contributed by atoms with Crippen LogP contribution in [0.5, 0.6) is 5.88 Å². The lowest BCUT2D eigenvalue weighted by Crippen LogP contribution is -3.15. The second-order valence-electron chi connectivity index (χ2n) is 6.83. The zero-order valence-electron chi connectivity index (χ0n) is 16.0. The van der Waals surface area contributed by atoms with Gasteiger partial charge in [-0.1, -0.05) is 41.7 Å². The number of aromatic nitrogens is 3. The zero-order valence-corrected chi connectivity index (χ0v) is 16.8. The molecule has 4 rings (SSSR count). The van der Waals surface area contributed by atoms with Gasteiger partial charge in [-0.2, -0.15) is 4.52 Å². The number of nitrogens with zero attached hydrogens (tertiary/aromatic N) is 4. The average Bonchev–Trinajstić information content (AvgIpc) is 3.21. The molecule has 0 saturated carbocycles. The van der Waals surface area contributed by atoms with Crippen molar-refractivity contribution >= 4 is 22.4 Å². The van der Waals surface area contributed by atoms with Crippen LogP contribution in [0, 0.1) is 6.92 Å². The van der Waals surface area contributed by atoms with Crippen LogP contribution in [0.3, 0.4) is 0 Å². The number of benzene rings is 1. The molecule has 0 aliphatic carbocycles. The van der Waals surface area contributed by atoms with Gasteiger partial charge in [-0.3, -0.25) is 4.90 Å². The number of hydrogen-bond donors (Lipinski definition) is 2. The van der Waals surface area contributed by atoms with E-state index in [1.807, 2.05) is 32.0 Å². The number of carbonyl (C=O) groups is 1. The van der Waals surface area contributed by atoms with Crippen LogP contribution < -0.4 is 4.90 Å². The summed E-state index contributed by atoms with van der Waals surface area (Å²) in [6, 6.07) is 10.1. The van der Waals surface area contributed by atoms with Gasteiger partial charge in [0.2, 0.25) is 10.8 Å². The maximum Gasteiger partial charge on any atom is 0.410 e. The van der Waals surface area contributed by atoms with E-state index in [4.69, 9.17) is 4.74 Å². The summed E-state index contributed by atoms with van der Waals surface area (Å²) in [6.07, 6.45) is -0.255. The number of quaternary nitrogens is 1. The number of amides is 1. The van der Waals surface area contributed by atoms with Crippen LogP contribution in [-0.4, -0.2) is 63.5 Å². The summed E-state index contributed by atoms with van der Waals surface area (Å²) in [4.78, 5) is 21.0. The summed E-state index contributed by atoms with van der Waals surface area (Å²) < 4.78 is 6.64. The first kappa shape index (κ1) is 18.7. The summed E-state index contributed by atoms with van der Waals surface area (Å²) >= 11 is 1.47. The van der Waals surface area contributed by atoms with Crippen LogP contribution >= 0.6 is 11.3 Å². The molecule has 1 saturated heterocycles. The highest BCUT2D eigenvalue weighted by atomic mass is 32.1. The van der Waals surface area contributed by atoms with E-state index in [-0.39, 0.29) is 18.0 Å². The third-order valence-corrected chi connectivity index (χ3v) is 6.13. The summed E-state index contributed by atoms with van der Waals surface area (Å²) in [7, 11) is 0.